The Balaban J connectivity index is 1.41. The molecule has 4 aromatic rings. The van der Waals surface area contributed by atoms with Crippen molar-refractivity contribution in [2.45, 2.75) is 6.92 Å². The number of rotatable bonds is 5. The number of H-pyrrole nitrogens is 1. The molecule has 0 radical (unpaired) electrons. The molecule has 0 aliphatic heterocycles. The third-order valence-electron chi connectivity index (χ3n) is 4.39. The van der Waals surface area contributed by atoms with Crippen LogP contribution >= 0.6 is 23.2 Å². The molecule has 1 aromatic heterocycles. The molecule has 0 atom stereocenters. The van der Waals surface area contributed by atoms with Crippen molar-refractivity contribution >= 4 is 45.8 Å². The molecule has 1 heterocycles. The fourth-order valence-electron chi connectivity index (χ4n) is 2.86. The average molecular weight is 426 g/mol. The van der Waals surface area contributed by atoms with E-state index in [-0.39, 0.29) is 12.5 Å². The fraction of sp³-hybridized carbons (Fsp3) is 0.0909. The summed E-state index contributed by atoms with van der Waals surface area (Å²) in [6, 6.07) is 18.1. The van der Waals surface area contributed by atoms with E-state index in [1.54, 1.807) is 24.3 Å². The molecule has 0 saturated carbocycles. The van der Waals surface area contributed by atoms with Crippen LogP contribution in [-0.4, -0.2) is 22.5 Å². The predicted octanol–water partition coefficient (Wildman–Crippen LogP) is 5.86. The van der Waals surface area contributed by atoms with Gasteiger partial charge in [-0.25, -0.2) is 4.98 Å². The first-order valence-corrected chi connectivity index (χ1v) is 9.68. The minimum atomic E-state index is -0.249. The molecule has 146 valence electrons. The summed E-state index contributed by atoms with van der Waals surface area (Å²) >= 11 is 12.0. The maximum absolute atomic E-state index is 12.1. The number of carbonyl (C=O) groups excluding carboxylic acids is 1. The summed E-state index contributed by atoms with van der Waals surface area (Å²) in [5.74, 6) is 1.08. The SMILES string of the molecule is Cc1cc2[nH]c(-c3ccc(NC(=O)COc4ccc(Cl)cc4)cc3)nc2cc1Cl. The summed E-state index contributed by atoms with van der Waals surface area (Å²) < 4.78 is 5.44. The number of halogens is 2. The van der Waals surface area contributed by atoms with E-state index in [0.29, 0.717) is 21.5 Å². The number of benzene rings is 3. The molecule has 0 fully saturated rings. The monoisotopic (exact) mass is 425 g/mol. The number of hydrogen-bond acceptors (Lipinski definition) is 3. The second-order valence-electron chi connectivity index (χ2n) is 6.57. The number of aryl methyl sites for hydroxylation is 1. The number of nitrogens with one attached hydrogen (secondary N) is 2. The van der Waals surface area contributed by atoms with Crippen molar-refractivity contribution in [2.75, 3.05) is 11.9 Å². The molecule has 7 heteroatoms. The standard InChI is InChI=1S/C22H17Cl2N3O2/c1-13-10-19-20(11-18(13)24)27-22(26-19)14-2-6-16(7-3-14)25-21(28)12-29-17-8-4-15(23)5-9-17/h2-11H,12H2,1H3,(H,25,28)(H,26,27). The van der Waals surface area contributed by atoms with Crippen molar-refractivity contribution < 1.29 is 9.53 Å². The van der Waals surface area contributed by atoms with Gasteiger partial charge in [-0.3, -0.25) is 4.79 Å². The number of amides is 1. The van der Waals surface area contributed by atoms with Gasteiger partial charge in [-0.05, 0) is 73.2 Å². The highest BCUT2D eigenvalue weighted by atomic mass is 35.5. The van der Waals surface area contributed by atoms with Crippen LogP contribution in [0.4, 0.5) is 5.69 Å². The van der Waals surface area contributed by atoms with Gasteiger partial charge >= 0.3 is 0 Å². The molecule has 5 nitrogen and oxygen atoms in total. The number of anilines is 1. The number of imidazole rings is 1. The van der Waals surface area contributed by atoms with E-state index >= 15 is 0 Å². The van der Waals surface area contributed by atoms with E-state index in [4.69, 9.17) is 27.9 Å². The van der Waals surface area contributed by atoms with Gasteiger partial charge in [0.25, 0.3) is 5.91 Å². The summed E-state index contributed by atoms with van der Waals surface area (Å²) in [5, 5.41) is 4.11. The summed E-state index contributed by atoms with van der Waals surface area (Å²) in [6.45, 7) is 1.86. The number of ether oxygens (including phenoxy) is 1. The highest BCUT2D eigenvalue weighted by molar-refractivity contribution is 6.32. The zero-order valence-corrected chi connectivity index (χ0v) is 17.0. The number of hydrogen-bond donors (Lipinski definition) is 2. The molecule has 3 aromatic carbocycles. The predicted molar refractivity (Wildman–Crippen MR) is 117 cm³/mol. The molecule has 4 rings (SSSR count). The van der Waals surface area contributed by atoms with Crippen molar-refractivity contribution in [2.24, 2.45) is 0 Å². The fourth-order valence-corrected chi connectivity index (χ4v) is 3.15. The van der Waals surface area contributed by atoms with Crippen LogP contribution in [-0.2, 0) is 4.79 Å². The number of nitrogens with zero attached hydrogens (tertiary/aromatic N) is 1. The number of aromatic amines is 1. The van der Waals surface area contributed by atoms with Crippen LogP contribution in [0.15, 0.2) is 60.7 Å². The van der Waals surface area contributed by atoms with Crippen molar-refractivity contribution in [3.63, 3.8) is 0 Å². The van der Waals surface area contributed by atoms with Crippen molar-refractivity contribution in [3.05, 3.63) is 76.3 Å². The van der Waals surface area contributed by atoms with E-state index in [9.17, 15) is 4.79 Å². The Hall–Kier alpha value is -3.02. The van der Waals surface area contributed by atoms with Crippen LogP contribution < -0.4 is 10.1 Å². The Morgan fingerprint density at radius 2 is 1.79 bits per heavy atom. The Morgan fingerprint density at radius 3 is 2.52 bits per heavy atom. The van der Waals surface area contributed by atoms with Crippen LogP contribution in [0.5, 0.6) is 5.75 Å². The molecule has 0 unspecified atom stereocenters. The number of fused-ring (bicyclic) bond motifs is 1. The van der Waals surface area contributed by atoms with Crippen LogP contribution in [0, 0.1) is 6.92 Å². The third-order valence-corrected chi connectivity index (χ3v) is 5.05. The van der Waals surface area contributed by atoms with Crippen molar-refractivity contribution in [1.29, 1.82) is 0 Å². The Kier molecular flexibility index (Phi) is 5.43. The Bertz CT molecular complexity index is 1130. The lowest BCUT2D eigenvalue weighted by Crippen LogP contribution is -2.20. The smallest absolute Gasteiger partial charge is 0.262 e. The van der Waals surface area contributed by atoms with Gasteiger partial charge in [0.2, 0.25) is 0 Å². The molecule has 0 aliphatic rings. The lowest BCUT2D eigenvalue weighted by molar-refractivity contribution is -0.118. The average Bonchev–Trinajstić information content (AvgIpc) is 3.11. The minimum Gasteiger partial charge on any atom is -0.484 e. The maximum atomic E-state index is 12.1. The largest absolute Gasteiger partial charge is 0.484 e. The zero-order chi connectivity index (χ0) is 20.4. The molecule has 0 bridgehead atoms. The second-order valence-corrected chi connectivity index (χ2v) is 7.42. The summed E-state index contributed by atoms with van der Waals surface area (Å²) in [4.78, 5) is 20.0. The molecular weight excluding hydrogens is 409 g/mol. The summed E-state index contributed by atoms with van der Waals surface area (Å²) in [7, 11) is 0. The Labute approximate surface area is 177 Å². The van der Waals surface area contributed by atoms with Gasteiger partial charge in [0.15, 0.2) is 6.61 Å². The van der Waals surface area contributed by atoms with Gasteiger partial charge in [-0.2, -0.15) is 0 Å². The minimum absolute atomic E-state index is 0.0902. The van der Waals surface area contributed by atoms with E-state index in [2.05, 4.69) is 15.3 Å². The molecular formula is C22H17Cl2N3O2. The van der Waals surface area contributed by atoms with E-state index in [1.165, 1.54) is 0 Å². The highest BCUT2D eigenvalue weighted by Crippen LogP contribution is 2.26. The van der Waals surface area contributed by atoms with Crippen LogP contribution in [0.2, 0.25) is 10.0 Å². The van der Waals surface area contributed by atoms with Gasteiger partial charge in [-0.15, -0.1) is 0 Å². The van der Waals surface area contributed by atoms with Crippen LogP contribution in [0.1, 0.15) is 5.56 Å². The normalized spacial score (nSPS) is 10.9. The molecule has 2 N–H and O–H groups in total. The van der Waals surface area contributed by atoms with Gasteiger partial charge in [0.05, 0.1) is 11.0 Å². The lowest BCUT2D eigenvalue weighted by Gasteiger charge is -2.08. The molecule has 29 heavy (non-hydrogen) atoms. The van der Waals surface area contributed by atoms with Crippen LogP contribution in [0.3, 0.4) is 0 Å². The summed E-state index contributed by atoms with van der Waals surface area (Å²) in [6.07, 6.45) is 0. The first-order chi connectivity index (χ1) is 14.0. The first-order valence-electron chi connectivity index (χ1n) is 8.92. The Morgan fingerprint density at radius 1 is 1.07 bits per heavy atom. The maximum Gasteiger partial charge on any atom is 0.262 e. The third kappa shape index (κ3) is 4.53. The van der Waals surface area contributed by atoms with Gasteiger partial charge in [0, 0.05) is 21.3 Å². The van der Waals surface area contributed by atoms with Gasteiger partial charge in [-0.1, -0.05) is 23.2 Å². The van der Waals surface area contributed by atoms with Gasteiger partial charge in [0.1, 0.15) is 11.6 Å². The number of aromatic nitrogens is 2. The van der Waals surface area contributed by atoms with Crippen molar-refractivity contribution in [3.8, 4) is 17.1 Å². The van der Waals surface area contributed by atoms with Gasteiger partial charge < -0.3 is 15.0 Å². The second kappa shape index (κ2) is 8.15. The quantitative estimate of drug-likeness (QED) is 0.420. The van der Waals surface area contributed by atoms with Crippen molar-refractivity contribution in [1.82, 2.24) is 9.97 Å². The topological polar surface area (TPSA) is 67.0 Å². The van der Waals surface area contributed by atoms with Crippen LogP contribution in [0.25, 0.3) is 22.4 Å². The van der Waals surface area contributed by atoms with E-state index in [1.807, 2.05) is 43.3 Å². The highest BCUT2D eigenvalue weighted by Gasteiger charge is 2.09. The van der Waals surface area contributed by atoms with E-state index < -0.39 is 0 Å². The van der Waals surface area contributed by atoms with E-state index in [0.717, 1.165) is 28.0 Å². The molecule has 1 amide bonds. The summed E-state index contributed by atoms with van der Waals surface area (Å²) in [5.41, 5.74) is 4.32. The first kappa shape index (κ1) is 19.3. The molecule has 0 saturated heterocycles. The molecule has 0 aliphatic carbocycles. The zero-order valence-electron chi connectivity index (χ0n) is 15.5. The molecule has 0 spiro atoms. The lowest BCUT2D eigenvalue weighted by atomic mass is 10.2. The number of carbonyl (C=O) groups is 1.